The van der Waals surface area contributed by atoms with E-state index < -0.39 is 37.0 Å². The Labute approximate surface area is 80.1 Å². The molecule has 1 rings (SSSR count). The fourth-order valence-corrected chi connectivity index (χ4v) is 1.31. The number of aliphatic hydroxyl groups is 5. The van der Waals surface area contributed by atoms with Crippen molar-refractivity contribution in [2.75, 3.05) is 7.11 Å². The molecule has 0 amide bonds. The molecule has 0 bridgehead atoms. The molecular formula is C7H14O7. The van der Waals surface area contributed by atoms with Crippen LogP contribution >= 0.6 is 0 Å². The van der Waals surface area contributed by atoms with Crippen molar-refractivity contribution in [2.45, 2.75) is 37.0 Å². The summed E-state index contributed by atoms with van der Waals surface area (Å²) in [7, 11) is 1.22. The van der Waals surface area contributed by atoms with Gasteiger partial charge in [-0.25, -0.2) is 0 Å². The van der Waals surface area contributed by atoms with Gasteiger partial charge in [0.05, 0.1) is 0 Å². The number of hydrogen-bond acceptors (Lipinski definition) is 7. The maximum Gasteiger partial charge on any atom is 0.186 e. The molecule has 1 saturated heterocycles. The van der Waals surface area contributed by atoms with Crippen molar-refractivity contribution < 1.29 is 35.0 Å². The molecule has 84 valence electrons. The molecule has 0 aromatic rings. The first-order chi connectivity index (χ1) is 6.49. The lowest BCUT2D eigenvalue weighted by molar-refractivity contribution is -0.323. The Balaban J connectivity index is 2.73. The average Bonchev–Trinajstić information content (AvgIpc) is 2.14. The van der Waals surface area contributed by atoms with Gasteiger partial charge in [-0.2, -0.15) is 0 Å². The van der Waals surface area contributed by atoms with Crippen LogP contribution in [0.15, 0.2) is 0 Å². The van der Waals surface area contributed by atoms with Gasteiger partial charge in [-0.3, -0.25) is 0 Å². The van der Waals surface area contributed by atoms with Gasteiger partial charge in [0.1, 0.15) is 24.4 Å². The molecule has 1 aliphatic rings. The van der Waals surface area contributed by atoms with Gasteiger partial charge >= 0.3 is 0 Å². The molecule has 1 aliphatic heterocycles. The minimum absolute atomic E-state index is 1.19. The number of ether oxygens (including phenoxy) is 2. The monoisotopic (exact) mass is 210 g/mol. The van der Waals surface area contributed by atoms with Crippen molar-refractivity contribution in [1.29, 1.82) is 0 Å². The van der Waals surface area contributed by atoms with E-state index in [1.807, 2.05) is 0 Å². The highest BCUT2D eigenvalue weighted by atomic mass is 16.7. The highest BCUT2D eigenvalue weighted by Crippen LogP contribution is 2.22. The van der Waals surface area contributed by atoms with Crippen LogP contribution in [0.3, 0.4) is 0 Å². The Morgan fingerprint density at radius 3 is 2.07 bits per heavy atom. The minimum atomic E-state index is -1.95. The Hall–Kier alpha value is -0.280. The largest absolute Gasteiger partial charge is 0.387 e. The van der Waals surface area contributed by atoms with E-state index in [1.54, 1.807) is 0 Å². The Bertz CT molecular complexity index is 183. The lowest BCUT2D eigenvalue weighted by Crippen LogP contribution is -2.61. The molecule has 1 fully saturated rings. The quantitative estimate of drug-likeness (QED) is 0.304. The second-order valence-electron chi connectivity index (χ2n) is 3.09. The van der Waals surface area contributed by atoms with Gasteiger partial charge in [-0.15, -0.1) is 0 Å². The minimum Gasteiger partial charge on any atom is -0.387 e. The number of hydrogen-bond donors (Lipinski definition) is 5. The molecule has 0 aromatic heterocycles. The fraction of sp³-hybridized carbons (Fsp3) is 1.00. The Morgan fingerprint density at radius 1 is 1.07 bits per heavy atom. The molecule has 14 heavy (non-hydrogen) atoms. The zero-order chi connectivity index (χ0) is 10.9. The van der Waals surface area contributed by atoms with Crippen molar-refractivity contribution in [1.82, 2.24) is 0 Å². The third-order valence-corrected chi connectivity index (χ3v) is 2.13. The van der Waals surface area contributed by atoms with Crippen LogP contribution in [0.2, 0.25) is 0 Å². The van der Waals surface area contributed by atoms with E-state index in [9.17, 15) is 15.3 Å². The first-order valence-corrected chi connectivity index (χ1v) is 4.07. The van der Waals surface area contributed by atoms with Gasteiger partial charge < -0.3 is 35.0 Å². The summed E-state index contributed by atoms with van der Waals surface area (Å²) >= 11 is 0. The molecule has 0 aromatic carbocycles. The van der Waals surface area contributed by atoms with E-state index in [-0.39, 0.29) is 0 Å². The van der Waals surface area contributed by atoms with Gasteiger partial charge in [0, 0.05) is 7.11 Å². The zero-order valence-corrected chi connectivity index (χ0v) is 7.52. The summed E-state index contributed by atoms with van der Waals surface area (Å²) in [4.78, 5) is 0. The predicted octanol–water partition coefficient (Wildman–Crippen LogP) is -3.25. The predicted molar refractivity (Wildman–Crippen MR) is 41.9 cm³/mol. The van der Waals surface area contributed by atoms with E-state index in [0.717, 1.165) is 0 Å². The smallest absolute Gasteiger partial charge is 0.186 e. The van der Waals surface area contributed by atoms with E-state index in [1.165, 1.54) is 7.11 Å². The number of rotatable bonds is 2. The maximum absolute atomic E-state index is 9.28. The molecule has 0 saturated carbocycles. The van der Waals surface area contributed by atoms with Crippen molar-refractivity contribution in [2.24, 2.45) is 0 Å². The third-order valence-electron chi connectivity index (χ3n) is 2.13. The lowest BCUT2D eigenvalue weighted by Gasteiger charge is -2.40. The van der Waals surface area contributed by atoms with Crippen molar-refractivity contribution in [3.63, 3.8) is 0 Å². The molecular weight excluding hydrogens is 196 g/mol. The van der Waals surface area contributed by atoms with Crippen molar-refractivity contribution >= 4 is 0 Å². The maximum atomic E-state index is 9.28. The normalized spacial score (nSPS) is 44.4. The van der Waals surface area contributed by atoms with Crippen LogP contribution in [0.5, 0.6) is 0 Å². The van der Waals surface area contributed by atoms with E-state index in [4.69, 9.17) is 14.9 Å². The SMILES string of the molecule is CO[C@@H]1O[C@H](C(O)O)[C@@H](O)[C@H](O)[C@H]1O. The average molecular weight is 210 g/mol. The summed E-state index contributed by atoms with van der Waals surface area (Å²) in [6.07, 6.45) is -9.09. The van der Waals surface area contributed by atoms with E-state index in [2.05, 4.69) is 4.74 Å². The molecule has 0 radical (unpaired) electrons. The van der Waals surface area contributed by atoms with Crippen LogP contribution in [0.1, 0.15) is 0 Å². The molecule has 1 heterocycles. The van der Waals surface area contributed by atoms with E-state index in [0.29, 0.717) is 0 Å². The Morgan fingerprint density at radius 2 is 1.64 bits per heavy atom. The van der Waals surface area contributed by atoms with Gasteiger partial charge in [0.25, 0.3) is 0 Å². The van der Waals surface area contributed by atoms with E-state index >= 15 is 0 Å². The molecule has 0 aliphatic carbocycles. The van der Waals surface area contributed by atoms with Crippen LogP contribution in [0.25, 0.3) is 0 Å². The topological polar surface area (TPSA) is 120 Å². The number of aliphatic hydroxyl groups excluding tert-OH is 4. The molecule has 5 atom stereocenters. The summed E-state index contributed by atoms with van der Waals surface area (Å²) in [5.41, 5.74) is 0. The third kappa shape index (κ3) is 2.04. The van der Waals surface area contributed by atoms with Crippen LogP contribution in [0, 0.1) is 0 Å². The molecule has 0 spiro atoms. The fourth-order valence-electron chi connectivity index (χ4n) is 1.31. The zero-order valence-electron chi connectivity index (χ0n) is 7.52. The summed E-state index contributed by atoms with van der Waals surface area (Å²) in [6, 6.07) is 0. The van der Waals surface area contributed by atoms with Gasteiger partial charge in [0.15, 0.2) is 12.6 Å². The molecule has 5 N–H and O–H groups in total. The van der Waals surface area contributed by atoms with Gasteiger partial charge in [-0.1, -0.05) is 0 Å². The molecule has 7 heteroatoms. The summed E-state index contributed by atoms with van der Waals surface area (Å²) in [5.74, 6) is 0. The second kappa shape index (κ2) is 4.49. The lowest BCUT2D eigenvalue weighted by atomic mass is 9.98. The number of methoxy groups -OCH3 is 1. The van der Waals surface area contributed by atoms with Gasteiger partial charge in [0.2, 0.25) is 0 Å². The standard InChI is InChI=1S/C7H14O7/c1-13-7-4(10)2(8)3(9)5(14-7)6(11)12/h2-12H,1H3/t2-,3-,4+,5-,7+/m0/s1. The first kappa shape index (κ1) is 11.8. The summed E-state index contributed by atoms with van der Waals surface area (Å²) in [6.45, 7) is 0. The first-order valence-electron chi connectivity index (χ1n) is 4.07. The summed E-state index contributed by atoms with van der Waals surface area (Å²) < 4.78 is 9.45. The van der Waals surface area contributed by atoms with Gasteiger partial charge in [-0.05, 0) is 0 Å². The van der Waals surface area contributed by atoms with Crippen LogP contribution in [-0.2, 0) is 9.47 Å². The Kier molecular flexibility index (Phi) is 3.78. The van der Waals surface area contributed by atoms with Crippen LogP contribution < -0.4 is 0 Å². The second-order valence-corrected chi connectivity index (χ2v) is 3.09. The highest BCUT2D eigenvalue weighted by molar-refractivity contribution is 4.89. The highest BCUT2D eigenvalue weighted by Gasteiger charge is 2.46. The van der Waals surface area contributed by atoms with Crippen LogP contribution in [-0.4, -0.2) is 69.6 Å². The molecule has 0 unspecified atom stereocenters. The summed E-state index contributed by atoms with van der Waals surface area (Å²) in [5, 5.41) is 45.4. The van der Waals surface area contributed by atoms with Crippen molar-refractivity contribution in [3.8, 4) is 0 Å². The van der Waals surface area contributed by atoms with Crippen molar-refractivity contribution in [3.05, 3.63) is 0 Å². The molecule has 7 nitrogen and oxygen atoms in total. The van der Waals surface area contributed by atoms with Crippen LogP contribution in [0.4, 0.5) is 0 Å².